The Morgan fingerprint density at radius 1 is 1.20 bits per heavy atom. The van der Waals surface area contributed by atoms with E-state index in [4.69, 9.17) is 10.5 Å². The Balaban J connectivity index is 1.83. The lowest BCUT2D eigenvalue weighted by atomic mass is 9.69. The third kappa shape index (κ3) is 2.47. The van der Waals surface area contributed by atoms with Crippen LogP contribution in [0.2, 0.25) is 0 Å². The fraction of sp³-hybridized carbons (Fsp3) is 0.588. The van der Waals surface area contributed by atoms with Gasteiger partial charge in [-0.1, -0.05) is 31.4 Å². The Morgan fingerprint density at radius 3 is 2.45 bits per heavy atom. The molecule has 3 nitrogen and oxygen atoms in total. The number of aliphatic imine (C=N–C) groups is 1. The van der Waals surface area contributed by atoms with Crippen molar-refractivity contribution in [1.29, 1.82) is 0 Å². The highest BCUT2D eigenvalue weighted by Crippen LogP contribution is 2.38. The third-order valence-corrected chi connectivity index (χ3v) is 4.74. The van der Waals surface area contributed by atoms with E-state index in [0.717, 1.165) is 18.0 Å². The minimum absolute atomic E-state index is 0.197. The Morgan fingerprint density at radius 2 is 1.90 bits per heavy atom. The van der Waals surface area contributed by atoms with Crippen molar-refractivity contribution in [2.45, 2.75) is 50.5 Å². The van der Waals surface area contributed by atoms with Crippen molar-refractivity contribution in [1.82, 2.24) is 0 Å². The van der Waals surface area contributed by atoms with Gasteiger partial charge in [0.1, 0.15) is 6.61 Å². The van der Waals surface area contributed by atoms with Crippen LogP contribution < -0.4 is 5.73 Å². The summed E-state index contributed by atoms with van der Waals surface area (Å²) in [5.74, 6) is 0.787. The van der Waals surface area contributed by atoms with Crippen molar-refractivity contribution in [2.75, 3.05) is 13.2 Å². The highest BCUT2D eigenvalue weighted by Gasteiger charge is 2.32. The Labute approximate surface area is 121 Å². The van der Waals surface area contributed by atoms with Crippen LogP contribution in [0, 0.1) is 0 Å². The van der Waals surface area contributed by atoms with Crippen LogP contribution in [0.25, 0.3) is 0 Å². The van der Waals surface area contributed by atoms with Crippen LogP contribution >= 0.6 is 0 Å². The summed E-state index contributed by atoms with van der Waals surface area (Å²) < 4.78 is 5.61. The van der Waals surface area contributed by atoms with Gasteiger partial charge in [-0.05, 0) is 37.5 Å². The van der Waals surface area contributed by atoms with E-state index in [1.54, 1.807) is 0 Å². The standard InChI is InChI=1S/C17H24N2O/c1-13-11-20-16(19-13)14-5-7-15(8-6-14)17(12-18)9-3-2-4-10-17/h5-8,13H,2-4,9-12,18H2,1H3. The zero-order valence-corrected chi connectivity index (χ0v) is 12.3. The first kappa shape index (κ1) is 13.6. The van der Waals surface area contributed by atoms with Gasteiger partial charge in [0.25, 0.3) is 0 Å². The molecule has 1 aromatic rings. The first-order valence-electron chi connectivity index (χ1n) is 7.75. The second-order valence-electron chi connectivity index (χ2n) is 6.22. The third-order valence-electron chi connectivity index (χ3n) is 4.74. The molecule has 1 atom stereocenters. The smallest absolute Gasteiger partial charge is 0.216 e. The number of rotatable bonds is 3. The summed E-state index contributed by atoms with van der Waals surface area (Å²) >= 11 is 0. The highest BCUT2D eigenvalue weighted by atomic mass is 16.5. The first-order valence-corrected chi connectivity index (χ1v) is 7.75. The topological polar surface area (TPSA) is 47.6 Å². The molecule has 20 heavy (non-hydrogen) atoms. The predicted octanol–water partition coefficient (Wildman–Crippen LogP) is 3.01. The van der Waals surface area contributed by atoms with E-state index in [2.05, 4.69) is 36.2 Å². The van der Waals surface area contributed by atoms with Gasteiger partial charge in [0.15, 0.2) is 0 Å². The number of hydrogen-bond donors (Lipinski definition) is 1. The molecule has 1 unspecified atom stereocenters. The molecule has 1 fully saturated rings. The second-order valence-corrected chi connectivity index (χ2v) is 6.22. The molecule has 3 heteroatoms. The van der Waals surface area contributed by atoms with E-state index >= 15 is 0 Å². The molecule has 0 aromatic heterocycles. The van der Waals surface area contributed by atoms with Gasteiger partial charge >= 0.3 is 0 Å². The van der Waals surface area contributed by atoms with Crippen molar-refractivity contribution in [3.63, 3.8) is 0 Å². The summed E-state index contributed by atoms with van der Waals surface area (Å²) in [7, 11) is 0. The monoisotopic (exact) mass is 272 g/mol. The summed E-state index contributed by atoms with van der Waals surface area (Å²) in [5.41, 5.74) is 8.77. The van der Waals surface area contributed by atoms with E-state index in [-0.39, 0.29) is 11.5 Å². The summed E-state index contributed by atoms with van der Waals surface area (Å²) in [6.07, 6.45) is 6.38. The van der Waals surface area contributed by atoms with Crippen LogP contribution in [0.5, 0.6) is 0 Å². The molecule has 108 valence electrons. The molecular weight excluding hydrogens is 248 g/mol. The summed E-state index contributed by atoms with van der Waals surface area (Å²) in [6, 6.07) is 9.00. The molecule has 1 saturated carbocycles. The normalized spacial score (nSPS) is 25.1. The first-order chi connectivity index (χ1) is 9.73. The zero-order chi connectivity index (χ0) is 14.0. The molecule has 1 aromatic carbocycles. The number of nitrogens with two attached hydrogens (primary N) is 1. The minimum Gasteiger partial charge on any atom is -0.475 e. The number of hydrogen-bond acceptors (Lipinski definition) is 3. The van der Waals surface area contributed by atoms with Crippen LogP contribution in [-0.2, 0) is 10.2 Å². The van der Waals surface area contributed by atoms with E-state index in [9.17, 15) is 0 Å². The second kappa shape index (κ2) is 5.57. The molecule has 2 N–H and O–H groups in total. The quantitative estimate of drug-likeness (QED) is 0.919. The van der Waals surface area contributed by atoms with E-state index in [1.807, 2.05) is 0 Å². The van der Waals surface area contributed by atoms with Crippen LogP contribution in [0.15, 0.2) is 29.3 Å². The molecule has 0 radical (unpaired) electrons. The van der Waals surface area contributed by atoms with Gasteiger partial charge in [0.2, 0.25) is 5.90 Å². The molecule has 0 amide bonds. The number of benzene rings is 1. The van der Waals surface area contributed by atoms with Crippen LogP contribution in [0.3, 0.4) is 0 Å². The Hall–Kier alpha value is -1.35. The highest BCUT2D eigenvalue weighted by molar-refractivity contribution is 5.95. The Bertz CT molecular complexity index is 486. The van der Waals surface area contributed by atoms with Crippen molar-refractivity contribution in [3.05, 3.63) is 35.4 Å². The van der Waals surface area contributed by atoms with Crippen molar-refractivity contribution in [2.24, 2.45) is 10.7 Å². The average molecular weight is 272 g/mol. The van der Waals surface area contributed by atoms with Gasteiger partial charge in [0.05, 0.1) is 6.04 Å². The van der Waals surface area contributed by atoms with Gasteiger partial charge < -0.3 is 10.5 Å². The largest absolute Gasteiger partial charge is 0.475 e. The summed E-state index contributed by atoms with van der Waals surface area (Å²) in [5, 5.41) is 0. The number of nitrogens with zero attached hydrogens (tertiary/aromatic N) is 1. The number of ether oxygens (including phenoxy) is 1. The molecule has 3 rings (SSSR count). The lowest BCUT2D eigenvalue weighted by molar-refractivity contribution is 0.300. The molecule has 2 aliphatic rings. The maximum atomic E-state index is 6.10. The molecule has 1 aliphatic heterocycles. The molecule has 1 heterocycles. The average Bonchev–Trinajstić information content (AvgIpc) is 2.95. The van der Waals surface area contributed by atoms with E-state index in [0.29, 0.717) is 6.61 Å². The van der Waals surface area contributed by atoms with Crippen molar-refractivity contribution < 1.29 is 4.74 Å². The van der Waals surface area contributed by atoms with Crippen molar-refractivity contribution >= 4 is 5.90 Å². The van der Waals surface area contributed by atoms with Crippen LogP contribution in [0.4, 0.5) is 0 Å². The van der Waals surface area contributed by atoms with Gasteiger partial charge in [-0.25, -0.2) is 4.99 Å². The maximum Gasteiger partial charge on any atom is 0.216 e. The minimum atomic E-state index is 0.197. The lowest BCUT2D eigenvalue weighted by Gasteiger charge is -2.37. The fourth-order valence-electron chi connectivity index (χ4n) is 3.44. The van der Waals surface area contributed by atoms with Gasteiger partial charge in [-0.2, -0.15) is 0 Å². The van der Waals surface area contributed by atoms with Gasteiger partial charge in [-0.3, -0.25) is 0 Å². The predicted molar refractivity (Wildman–Crippen MR) is 82.2 cm³/mol. The molecule has 0 bridgehead atoms. The van der Waals surface area contributed by atoms with E-state index in [1.165, 1.54) is 37.7 Å². The Kier molecular flexibility index (Phi) is 3.79. The van der Waals surface area contributed by atoms with Gasteiger partial charge in [0, 0.05) is 17.5 Å². The summed E-state index contributed by atoms with van der Waals surface area (Å²) in [6.45, 7) is 3.53. The fourth-order valence-corrected chi connectivity index (χ4v) is 3.44. The maximum absolute atomic E-state index is 6.10. The SMILES string of the molecule is CC1COC(c2ccc(C3(CN)CCCCC3)cc2)=N1. The zero-order valence-electron chi connectivity index (χ0n) is 12.3. The molecule has 0 spiro atoms. The van der Waals surface area contributed by atoms with Crippen LogP contribution in [-0.4, -0.2) is 25.1 Å². The molecule has 0 saturated heterocycles. The molecular formula is C17H24N2O. The van der Waals surface area contributed by atoms with Gasteiger partial charge in [-0.15, -0.1) is 0 Å². The van der Waals surface area contributed by atoms with Crippen LogP contribution in [0.1, 0.15) is 50.2 Å². The van der Waals surface area contributed by atoms with Crippen molar-refractivity contribution in [3.8, 4) is 0 Å². The summed E-state index contributed by atoms with van der Waals surface area (Å²) in [4.78, 5) is 4.51. The van der Waals surface area contributed by atoms with E-state index < -0.39 is 0 Å². The molecule has 1 aliphatic carbocycles. The lowest BCUT2D eigenvalue weighted by Crippen LogP contribution is -2.37.